The maximum atomic E-state index is 11.0. The number of nitriles is 1. The minimum Gasteiger partial charge on any atom is -0.380 e. The molecule has 0 atom stereocenters. The smallest absolute Gasteiger partial charge is 0.249 e. The van der Waals surface area contributed by atoms with Gasteiger partial charge in [-0.3, -0.25) is 4.79 Å². The molecule has 3 N–H and O–H groups in total. The molecule has 2 aromatic rings. The summed E-state index contributed by atoms with van der Waals surface area (Å²) in [5, 5.41) is 13.9. The first-order valence-electron chi connectivity index (χ1n) is 5.72. The van der Waals surface area contributed by atoms with E-state index in [1.807, 2.05) is 19.1 Å². The molecule has 1 heterocycles. The molecule has 4 nitrogen and oxygen atoms in total. The Balaban J connectivity index is 2.09. The van der Waals surface area contributed by atoms with Gasteiger partial charge in [-0.2, -0.15) is 5.26 Å². The van der Waals surface area contributed by atoms with Crippen LogP contribution in [0.1, 0.15) is 26.4 Å². The topological polar surface area (TPSA) is 78.9 Å². The maximum Gasteiger partial charge on any atom is 0.249 e. The Labute approximate surface area is 115 Å². The fourth-order valence-corrected chi connectivity index (χ4v) is 2.48. The van der Waals surface area contributed by atoms with Gasteiger partial charge in [-0.25, -0.2) is 0 Å². The van der Waals surface area contributed by atoms with E-state index in [9.17, 15) is 4.79 Å². The number of benzene rings is 1. The summed E-state index contributed by atoms with van der Waals surface area (Å²) in [5.41, 5.74) is 8.36. The van der Waals surface area contributed by atoms with Gasteiger partial charge >= 0.3 is 0 Å². The quantitative estimate of drug-likeness (QED) is 0.897. The summed E-state index contributed by atoms with van der Waals surface area (Å²) in [4.78, 5) is 12.0. The van der Waals surface area contributed by atoms with Gasteiger partial charge in [0.2, 0.25) is 5.91 Å². The first-order valence-corrected chi connectivity index (χ1v) is 6.60. The highest BCUT2D eigenvalue weighted by molar-refractivity contribution is 7.10. The molecule has 0 unspecified atom stereocenters. The van der Waals surface area contributed by atoms with Crippen molar-refractivity contribution in [3.63, 3.8) is 0 Å². The molecule has 1 amide bonds. The van der Waals surface area contributed by atoms with Crippen molar-refractivity contribution < 1.29 is 4.79 Å². The number of carbonyl (C=O) groups excluding carboxylic acids is 1. The highest BCUT2D eigenvalue weighted by Crippen LogP contribution is 2.20. The third-order valence-electron chi connectivity index (χ3n) is 2.76. The maximum absolute atomic E-state index is 11.0. The first kappa shape index (κ1) is 13.1. The lowest BCUT2D eigenvalue weighted by atomic mass is 10.1. The molecule has 0 aliphatic heterocycles. The van der Waals surface area contributed by atoms with Crippen molar-refractivity contribution >= 4 is 22.9 Å². The third kappa shape index (κ3) is 3.12. The van der Waals surface area contributed by atoms with E-state index in [-0.39, 0.29) is 0 Å². The number of primary amides is 1. The molecule has 0 saturated heterocycles. The van der Waals surface area contributed by atoms with Crippen LogP contribution in [0.5, 0.6) is 0 Å². The lowest BCUT2D eigenvalue weighted by Gasteiger charge is -2.08. The summed E-state index contributed by atoms with van der Waals surface area (Å²) >= 11 is 1.48. The Morgan fingerprint density at radius 3 is 2.89 bits per heavy atom. The average Bonchev–Trinajstić information content (AvgIpc) is 2.87. The van der Waals surface area contributed by atoms with Crippen molar-refractivity contribution in [2.75, 3.05) is 5.32 Å². The van der Waals surface area contributed by atoms with E-state index in [0.29, 0.717) is 17.7 Å². The number of nitrogens with zero attached hydrogens (tertiary/aromatic N) is 1. The van der Waals surface area contributed by atoms with Gasteiger partial charge in [-0.05, 0) is 30.7 Å². The van der Waals surface area contributed by atoms with Crippen molar-refractivity contribution in [1.29, 1.82) is 5.26 Å². The predicted octanol–water partition coefficient (Wildman–Crippen LogP) is 2.64. The molecule has 1 aromatic heterocycles. The van der Waals surface area contributed by atoms with Crippen molar-refractivity contribution in [2.45, 2.75) is 13.5 Å². The molecular formula is C14H13N3OS. The lowest BCUT2D eigenvalue weighted by molar-refractivity contribution is 0.100. The van der Waals surface area contributed by atoms with E-state index in [1.54, 1.807) is 17.5 Å². The Morgan fingerprint density at radius 2 is 2.26 bits per heavy atom. The van der Waals surface area contributed by atoms with Crippen LogP contribution in [0.25, 0.3) is 0 Å². The Bertz CT molecular complexity index is 655. The van der Waals surface area contributed by atoms with Gasteiger partial charge in [0.25, 0.3) is 0 Å². The second-order valence-electron chi connectivity index (χ2n) is 4.16. The minimum atomic E-state index is -0.412. The highest BCUT2D eigenvalue weighted by Gasteiger charge is 2.05. The van der Waals surface area contributed by atoms with Crippen LogP contribution in [0, 0.1) is 18.3 Å². The number of carbonyl (C=O) groups is 1. The number of nitrogens with two attached hydrogens (primary N) is 1. The van der Waals surface area contributed by atoms with E-state index in [2.05, 4.69) is 11.4 Å². The number of amides is 1. The molecule has 0 spiro atoms. The normalized spacial score (nSPS) is 9.89. The third-order valence-corrected chi connectivity index (χ3v) is 3.69. The number of rotatable bonds is 4. The van der Waals surface area contributed by atoms with Crippen LogP contribution in [0.4, 0.5) is 5.69 Å². The SMILES string of the molecule is Cc1ccc(C#N)cc1NCc1cc(C(N)=O)cs1. The van der Waals surface area contributed by atoms with E-state index < -0.39 is 5.91 Å². The van der Waals surface area contributed by atoms with Gasteiger partial charge in [-0.1, -0.05) is 6.07 Å². The van der Waals surface area contributed by atoms with Crippen LogP contribution in [0.15, 0.2) is 29.6 Å². The van der Waals surface area contributed by atoms with Gasteiger partial charge in [0.1, 0.15) is 0 Å². The van der Waals surface area contributed by atoms with Gasteiger partial charge < -0.3 is 11.1 Å². The van der Waals surface area contributed by atoms with Crippen LogP contribution >= 0.6 is 11.3 Å². The Hall–Kier alpha value is -2.32. The molecule has 1 aromatic carbocycles. The van der Waals surface area contributed by atoms with Gasteiger partial charge in [0.15, 0.2) is 0 Å². The molecule has 2 rings (SSSR count). The zero-order valence-corrected chi connectivity index (χ0v) is 11.3. The monoisotopic (exact) mass is 271 g/mol. The molecule has 0 aliphatic carbocycles. The van der Waals surface area contributed by atoms with Crippen molar-refractivity contribution in [3.05, 3.63) is 51.2 Å². The van der Waals surface area contributed by atoms with E-state index in [4.69, 9.17) is 11.0 Å². The van der Waals surface area contributed by atoms with Crippen molar-refractivity contribution in [2.24, 2.45) is 5.73 Å². The molecule has 0 radical (unpaired) electrons. The zero-order valence-electron chi connectivity index (χ0n) is 10.4. The number of thiophene rings is 1. The molecule has 0 bridgehead atoms. The Morgan fingerprint density at radius 1 is 1.47 bits per heavy atom. The number of aryl methyl sites for hydroxylation is 1. The number of hydrogen-bond donors (Lipinski definition) is 2. The average molecular weight is 271 g/mol. The molecule has 0 aliphatic rings. The van der Waals surface area contributed by atoms with Crippen LogP contribution in [0.2, 0.25) is 0 Å². The fraction of sp³-hybridized carbons (Fsp3) is 0.143. The molecule has 96 valence electrons. The van der Waals surface area contributed by atoms with E-state index in [0.717, 1.165) is 16.1 Å². The van der Waals surface area contributed by atoms with Crippen molar-refractivity contribution in [1.82, 2.24) is 0 Å². The number of hydrogen-bond acceptors (Lipinski definition) is 4. The second kappa shape index (κ2) is 5.55. The number of nitrogens with one attached hydrogen (secondary N) is 1. The summed E-state index contributed by atoms with van der Waals surface area (Å²) in [5.74, 6) is -0.412. The van der Waals surface area contributed by atoms with Crippen LogP contribution in [-0.4, -0.2) is 5.91 Å². The summed E-state index contributed by atoms with van der Waals surface area (Å²) in [6.45, 7) is 2.58. The largest absolute Gasteiger partial charge is 0.380 e. The van der Waals surface area contributed by atoms with Gasteiger partial charge in [-0.15, -0.1) is 11.3 Å². The standard InChI is InChI=1S/C14H13N3OS/c1-9-2-3-10(6-15)4-13(9)17-7-12-5-11(8-19-12)14(16)18/h2-5,8,17H,7H2,1H3,(H2,16,18). The van der Waals surface area contributed by atoms with Crippen LogP contribution in [-0.2, 0) is 6.54 Å². The fourth-order valence-electron chi connectivity index (χ4n) is 1.67. The minimum absolute atomic E-state index is 0.412. The summed E-state index contributed by atoms with van der Waals surface area (Å²) < 4.78 is 0. The van der Waals surface area contributed by atoms with Crippen molar-refractivity contribution in [3.8, 4) is 6.07 Å². The zero-order chi connectivity index (χ0) is 13.8. The highest BCUT2D eigenvalue weighted by atomic mass is 32.1. The lowest BCUT2D eigenvalue weighted by Crippen LogP contribution is -2.09. The van der Waals surface area contributed by atoms with Gasteiger partial charge in [0.05, 0.1) is 17.2 Å². The first-order chi connectivity index (χ1) is 9.10. The molecule has 0 saturated carbocycles. The summed E-state index contributed by atoms with van der Waals surface area (Å²) in [6.07, 6.45) is 0. The molecule has 19 heavy (non-hydrogen) atoms. The molecular weight excluding hydrogens is 258 g/mol. The van der Waals surface area contributed by atoms with E-state index >= 15 is 0 Å². The van der Waals surface area contributed by atoms with Gasteiger partial charge in [0, 0.05) is 22.5 Å². The molecule has 0 fully saturated rings. The summed E-state index contributed by atoms with van der Waals surface area (Å²) in [7, 11) is 0. The second-order valence-corrected chi connectivity index (χ2v) is 5.16. The predicted molar refractivity (Wildman–Crippen MR) is 76.1 cm³/mol. The summed E-state index contributed by atoms with van der Waals surface area (Å²) in [6, 6.07) is 9.41. The van der Waals surface area contributed by atoms with Crippen LogP contribution < -0.4 is 11.1 Å². The Kier molecular flexibility index (Phi) is 3.83. The molecule has 5 heteroatoms. The number of anilines is 1. The van der Waals surface area contributed by atoms with Crippen LogP contribution in [0.3, 0.4) is 0 Å². The van der Waals surface area contributed by atoms with E-state index in [1.165, 1.54) is 11.3 Å².